The summed E-state index contributed by atoms with van der Waals surface area (Å²) in [5.41, 5.74) is 1.59. The van der Waals surface area contributed by atoms with Crippen LogP contribution in [0.5, 0.6) is 0 Å². The number of aromatic nitrogens is 1. The Kier molecular flexibility index (Phi) is 5.51. The van der Waals surface area contributed by atoms with E-state index in [9.17, 15) is 19.1 Å². The molecule has 30 heavy (non-hydrogen) atoms. The molecule has 4 rings (SSSR count). The van der Waals surface area contributed by atoms with E-state index in [-0.39, 0.29) is 41.9 Å². The van der Waals surface area contributed by atoms with Crippen molar-refractivity contribution in [3.63, 3.8) is 0 Å². The quantitative estimate of drug-likeness (QED) is 0.816. The van der Waals surface area contributed by atoms with Gasteiger partial charge in [0.1, 0.15) is 5.82 Å². The van der Waals surface area contributed by atoms with Crippen molar-refractivity contribution in [3.05, 3.63) is 58.3 Å². The molecule has 7 heteroatoms. The molecule has 0 spiro atoms. The van der Waals surface area contributed by atoms with Crippen LogP contribution < -0.4 is 5.56 Å². The molecule has 1 N–H and O–H groups in total. The summed E-state index contributed by atoms with van der Waals surface area (Å²) in [4.78, 5) is 30.3. The van der Waals surface area contributed by atoms with Gasteiger partial charge in [0.05, 0.1) is 12.0 Å². The maximum atomic E-state index is 13.7. The molecular weight excluding hydrogens is 385 g/mol. The number of nitrogens with zero attached hydrogens (tertiary/aromatic N) is 3. The molecule has 0 saturated carbocycles. The lowest BCUT2D eigenvalue weighted by atomic mass is 9.86. The third kappa shape index (κ3) is 3.17. The number of aliphatic hydroxyl groups excluding tert-OH is 1. The topological polar surface area (TPSA) is 65.8 Å². The summed E-state index contributed by atoms with van der Waals surface area (Å²) >= 11 is 0. The minimum atomic E-state index is -0.408. The molecule has 1 amide bonds. The molecule has 2 aliphatic heterocycles. The number of fused-ring (bicyclic) bond motifs is 4. The van der Waals surface area contributed by atoms with Crippen LogP contribution in [0.25, 0.3) is 11.1 Å². The number of amides is 1. The maximum absolute atomic E-state index is 13.7. The van der Waals surface area contributed by atoms with Gasteiger partial charge in [-0.2, -0.15) is 0 Å². The lowest BCUT2D eigenvalue weighted by Gasteiger charge is -2.38. The smallest absolute Gasteiger partial charge is 0.258 e. The van der Waals surface area contributed by atoms with Gasteiger partial charge >= 0.3 is 0 Å². The zero-order chi connectivity index (χ0) is 21.6. The lowest BCUT2D eigenvalue weighted by Crippen LogP contribution is -2.46. The molecular formula is C23H28FN3O3. The van der Waals surface area contributed by atoms with Gasteiger partial charge in [-0.3, -0.25) is 14.5 Å². The Bertz CT molecular complexity index is 1020. The van der Waals surface area contributed by atoms with E-state index < -0.39 is 5.92 Å². The van der Waals surface area contributed by atoms with E-state index >= 15 is 0 Å². The second kappa shape index (κ2) is 7.96. The molecule has 0 unspecified atom stereocenters. The summed E-state index contributed by atoms with van der Waals surface area (Å²) in [6.45, 7) is 3.19. The van der Waals surface area contributed by atoms with Crippen LogP contribution in [0.1, 0.15) is 25.1 Å². The third-order valence-electron chi connectivity index (χ3n) is 6.51. The first-order valence-electron chi connectivity index (χ1n) is 10.5. The third-order valence-corrected chi connectivity index (χ3v) is 6.51. The van der Waals surface area contributed by atoms with Crippen molar-refractivity contribution in [3.8, 4) is 11.1 Å². The number of pyridine rings is 1. The Balaban J connectivity index is 1.86. The van der Waals surface area contributed by atoms with E-state index in [1.807, 2.05) is 6.07 Å². The van der Waals surface area contributed by atoms with Crippen LogP contribution in [0.3, 0.4) is 0 Å². The fourth-order valence-electron chi connectivity index (χ4n) is 5.24. The van der Waals surface area contributed by atoms with Gasteiger partial charge in [0.2, 0.25) is 5.91 Å². The normalized spacial score (nSPS) is 25.2. The van der Waals surface area contributed by atoms with Gasteiger partial charge in [-0.05, 0) is 42.8 Å². The molecule has 2 aromatic rings. The summed E-state index contributed by atoms with van der Waals surface area (Å²) in [5, 5.41) is 10.2. The standard InChI is InChI=1S/C23H28FN3O3/c1-4-10-26-19-12-27-18(21(26)20(17(19)13-28)23(30)25(2)3)9-8-16(22(27)29)14-6-5-7-15(24)11-14/h5-9,11,17,19-21,28H,4,10,12-13H2,1-3H3/t17-,19-,20+,21+/m1/s1. The largest absolute Gasteiger partial charge is 0.396 e. The molecule has 3 heterocycles. The average Bonchev–Trinajstić information content (AvgIpc) is 2.92. The van der Waals surface area contributed by atoms with Crippen molar-refractivity contribution in [1.29, 1.82) is 0 Å². The van der Waals surface area contributed by atoms with Crippen molar-refractivity contribution in [2.45, 2.75) is 32.0 Å². The number of carbonyl (C=O) groups is 1. The Morgan fingerprint density at radius 2 is 2.03 bits per heavy atom. The van der Waals surface area contributed by atoms with E-state index in [0.29, 0.717) is 17.7 Å². The Hall–Kier alpha value is -2.51. The minimum Gasteiger partial charge on any atom is -0.396 e. The SMILES string of the molecule is CCCN1[C@@H]2Cn3c(ccc(-c4cccc(F)c4)c3=O)[C@H]1[C@@H](C(=O)N(C)C)[C@@H]2CO. The van der Waals surface area contributed by atoms with Crippen LogP contribution in [-0.4, -0.2) is 58.7 Å². The molecule has 160 valence electrons. The number of hydrogen-bond donors (Lipinski definition) is 1. The van der Waals surface area contributed by atoms with E-state index in [1.54, 1.807) is 41.8 Å². The highest BCUT2D eigenvalue weighted by Crippen LogP contribution is 2.48. The van der Waals surface area contributed by atoms with Gasteiger partial charge in [0.25, 0.3) is 5.56 Å². The number of aliphatic hydroxyl groups is 1. The van der Waals surface area contributed by atoms with E-state index in [4.69, 9.17) is 0 Å². The van der Waals surface area contributed by atoms with Crippen LogP contribution in [0.2, 0.25) is 0 Å². The molecule has 0 radical (unpaired) electrons. The van der Waals surface area contributed by atoms with Crippen LogP contribution in [-0.2, 0) is 11.3 Å². The number of hydrogen-bond acceptors (Lipinski definition) is 4. The van der Waals surface area contributed by atoms with Crippen molar-refractivity contribution in [2.24, 2.45) is 11.8 Å². The van der Waals surface area contributed by atoms with Gasteiger partial charge in [-0.1, -0.05) is 19.1 Å². The van der Waals surface area contributed by atoms with E-state index in [2.05, 4.69) is 11.8 Å². The number of carbonyl (C=O) groups excluding carboxylic acids is 1. The van der Waals surface area contributed by atoms with Crippen molar-refractivity contribution < 1.29 is 14.3 Å². The van der Waals surface area contributed by atoms with Crippen molar-refractivity contribution in [2.75, 3.05) is 27.2 Å². The molecule has 0 aliphatic carbocycles. The fraction of sp³-hybridized carbons (Fsp3) is 0.478. The maximum Gasteiger partial charge on any atom is 0.258 e. The number of rotatable bonds is 5. The van der Waals surface area contributed by atoms with Crippen LogP contribution in [0, 0.1) is 17.7 Å². The van der Waals surface area contributed by atoms with Crippen LogP contribution >= 0.6 is 0 Å². The highest BCUT2D eigenvalue weighted by atomic mass is 19.1. The summed E-state index contributed by atoms with van der Waals surface area (Å²) in [7, 11) is 3.45. The Morgan fingerprint density at radius 3 is 2.67 bits per heavy atom. The molecule has 1 saturated heterocycles. The molecule has 1 aromatic carbocycles. The second-order valence-corrected chi connectivity index (χ2v) is 8.45. The van der Waals surface area contributed by atoms with E-state index in [1.165, 1.54) is 12.1 Å². The first kappa shape index (κ1) is 20.8. The van der Waals surface area contributed by atoms with Gasteiger partial charge in [-0.25, -0.2) is 4.39 Å². The average molecular weight is 413 g/mol. The van der Waals surface area contributed by atoms with E-state index in [0.717, 1.165) is 18.7 Å². The monoisotopic (exact) mass is 413 g/mol. The lowest BCUT2D eigenvalue weighted by molar-refractivity contribution is -0.135. The van der Waals surface area contributed by atoms with Gasteiger partial charge in [0.15, 0.2) is 0 Å². The first-order chi connectivity index (χ1) is 14.4. The van der Waals surface area contributed by atoms with Crippen LogP contribution in [0.4, 0.5) is 4.39 Å². The molecule has 2 aliphatic rings. The summed E-state index contributed by atoms with van der Waals surface area (Å²) in [6, 6.07) is 9.30. The zero-order valence-electron chi connectivity index (χ0n) is 17.6. The van der Waals surface area contributed by atoms with Crippen molar-refractivity contribution in [1.82, 2.24) is 14.4 Å². The molecule has 6 nitrogen and oxygen atoms in total. The summed E-state index contributed by atoms with van der Waals surface area (Å²) in [5.74, 6) is -1.07. The molecule has 4 atom stereocenters. The predicted molar refractivity (Wildman–Crippen MR) is 112 cm³/mol. The van der Waals surface area contributed by atoms with Crippen LogP contribution in [0.15, 0.2) is 41.2 Å². The summed E-state index contributed by atoms with van der Waals surface area (Å²) < 4.78 is 15.5. The predicted octanol–water partition coefficient (Wildman–Crippen LogP) is 2.12. The van der Waals surface area contributed by atoms with Gasteiger partial charge in [0, 0.05) is 50.5 Å². The highest BCUT2D eigenvalue weighted by Gasteiger charge is 2.55. The first-order valence-corrected chi connectivity index (χ1v) is 10.5. The highest BCUT2D eigenvalue weighted by molar-refractivity contribution is 5.80. The number of halogens is 1. The van der Waals surface area contributed by atoms with Crippen molar-refractivity contribution >= 4 is 5.91 Å². The van der Waals surface area contributed by atoms with Gasteiger partial charge in [-0.15, -0.1) is 0 Å². The summed E-state index contributed by atoms with van der Waals surface area (Å²) in [6.07, 6.45) is 0.916. The molecule has 2 bridgehead atoms. The second-order valence-electron chi connectivity index (χ2n) is 8.45. The Morgan fingerprint density at radius 1 is 1.27 bits per heavy atom. The minimum absolute atomic E-state index is 0.0299. The molecule has 1 aromatic heterocycles. The zero-order valence-corrected chi connectivity index (χ0v) is 17.6. The molecule has 1 fully saturated rings. The Labute approximate surface area is 175 Å². The number of benzene rings is 1. The fourth-order valence-corrected chi connectivity index (χ4v) is 5.24. The van der Waals surface area contributed by atoms with Gasteiger partial charge < -0.3 is 14.6 Å².